The molecule has 0 N–H and O–H groups in total. The number of amides is 1. The van der Waals surface area contributed by atoms with Crippen LogP contribution in [0, 0.1) is 0 Å². The minimum Gasteiger partial charge on any atom is -0.336 e. The fourth-order valence-electron chi connectivity index (χ4n) is 2.68. The molecular formula is C17H18N2OS. The van der Waals surface area contributed by atoms with Gasteiger partial charge in [-0.2, -0.15) is 0 Å². The summed E-state index contributed by atoms with van der Waals surface area (Å²) in [6, 6.07) is 13.9. The van der Waals surface area contributed by atoms with Crippen molar-refractivity contribution in [1.82, 2.24) is 4.57 Å². The topological polar surface area (TPSA) is 25.2 Å². The highest BCUT2D eigenvalue weighted by atomic mass is 32.1. The van der Waals surface area contributed by atoms with Gasteiger partial charge in [-0.25, -0.2) is 0 Å². The lowest BCUT2D eigenvalue weighted by molar-refractivity contribution is 0.0980. The molecule has 1 amide bonds. The third-order valence-corrected chi connectivity index (χ3v) is 4.54. The molecule has 0 spiro atoms. The summed E-state index contributed by atoms with van der Waals surface area (Å²) in [6.07, 6.45) is 0. The molecule has 3 nitrogen and oxygen atoms in total. The molecule has 21 heavy (non-hydrogen) atoms. The number of carbonyl (C=O) groups excluding carboxylic acids is 1. The second-order valence-electron chi connectivity index (χ2n) is 4.83. The molecule has 3 aromatic rings. The molecular weight excluding hydrogens is 280 g/mol. The quantitative estimate of drug-likeness (QED) is 0.701. The summed E-state index contributed by atoms with van der Waals surface area (Å²) in [7, 11) is 0. The molecule has 0 aliphatic carbocycles. The Morgan fingerprint density at radius 2 is 1.95 bits per heavy atom. The zero-order valence-electron chi connectivity index (χ0n) is 12.2. The number of anilines is 1. The van der Waals surface area contributed by atoms with Gasteiger partial charge >= 0.3 is 0 Å². The highest BCUT2D eigenvalue weighted by Crippen LogP contribution is 2.27. The Morgan fingerprint density at radius 1 is 1.19 bits per heavy atom. The molecule has 0 bridgehead atoms. The molecule has 0 atom stereocenters. The van der Waals surface area contributed by atoms with E-state index in [1.807, 2.05) is 48.2 Å². The van der Waals surface area contributed by atoms with Crippen molar-refractivity contribution < 1.29 is 4.79 Å². The Hall–Kier alpha value is -2.07. The summed E-state index contributed by atoms with van der Waals surface area (Å²) in [5.74, 6) is 0.0638. The first-order valence-corrected chi connectivity index (χ1v) is 8.07. The lowest BCUT2D eigenvalue weighted by atomic mass is 10.2. The van der Waals surface area contributed by atoms with Gasteiger partial charge in [-0.3, -0.25) is 4.79 Å². The van der Waals surface area contributed by atoms with E-state index in [0.29, 0.717) is 6.54 Å². The molecule has 0 saturated carbocycles. The van der Waals surface area contributed by atoms with Crippen molar-refractivity contribution in [2.24, 2.45) is 0 Å². The van der Waals surface area contributed by atoms with Gasteiger partial charge in [0.25, 0.3) is 5.91 Å². The van der Waals surface area contributed by atoms with Crippen molar-refractivity contribution in [3.8, 4) is 0 Å². The van der Waals surface area contributed by atoms with Crippen molar-refractivity contribution in [2.45, 2.75) is 20.4 Å². The van der Waals surface area contributed by atoms with Gasteiger partial charge < -0.3 is 9.47 Å². The summed E-state index contributed by atoms with van der Waals surface area (Å²) in [6.45, 7) is 5.54. The Kier molecular flexibility index (Phi) is 3.80. The van der Waals surface area contributed by atoms with Crippen molar-refractivity contribution in [1.29, 1.82) is 0 Å². The van der Waals surface area contributed by atoms with E-state index in [1.54, 1.807) is 11.3 Å². The number of nitrogens with zero attached hydrogens (tertiary/aromatic N) is 2. The summed E-state index contributed by atoms with van der Waals surface area (Å²) in [5.41, 5.74) is 2.86. The zero-order chi connectivity index (χ0) is 14.8. The molecule has 1 aromatic carbocycles. The minimum absolute atomic E-state index is 0.0638. The van der Waals surface area contributed by atoms with Crippen LogP contribution >= 0.6 is 11.3 Å². The molecule has 0 aliphatic heterocycles. The maximum atomic E-state index is 12.9. The molecule has 2 aromatic heterocycles. The van der Waals surface area contributed by atoms with Crippen molar-refractivity contribution in [2.75, 3.05) is 11.4 Å². The van der Waals surface area contributed by atoms with Crippen molar-refractivity contribution in [3.63, 3.8) is 0 Å². The standard InChI is InChI=1S/C17H18N2OS/c1-3-18(13-8-6-5-7-9-13)17(20)15-12-16-14(10-11-21-16)19(15)4-2/h5-12H,3-4H2,1-2H3. The predicted molar refractivity (Wildman–Crippen MR) is 89.3 cm³/mol. The minimum atomic E-state index is 0.0638. The van der Waals surface area contributed by atoms with Crippen LogP contribution in [0.25, 0.3) is 10.2 Å². The van der Waals surface area contributed by atoms with Crippen LogP contribution in [-0.4, -0.2) is 17.0 Å². The van der Waals surface area contributed by atoms with Gasteiger partial charge in [0.05, 0.1) is 10.2 Å². The van der Waals surface area contributed by atoms with Crippen LogP contribution in [-0.2, 0) is 6.54 Å². The predicted octanol–water partition coefficient (Wildman–Crippen LogP) is 4.39. The number of carbonyl (C=O) groups is 1. The number of aryl methyl sites for hydroxylation is 1. The number of hydrogen-bond acceptors (Lipinski definition) is 2. The Morgan fingerprint density at radius 3 is 2.62 bits per heavy atom. The summed E-state index contributed by atoms with van der Waals surface area (Å²) < 4.78 is 3.27. The lowest BCUT2D eigenvalue weighted by Crippen LogP contribution is -2.32. The van der Waals surface area contributed by atoms with E-state index in [4.69, 9.17) is 0 Å². The number of hydrogen-bond donors (Lipinski definition) is 0. The first kappa shape index (κ1) is 13.9. The highest BCUT2D eigenvalue weighted by Gasteiger charge is 2.21. The van der Waals surface area contributed by atoms with Crippen LogP contribution in [0.2, 0.25) is 0 Å². The second kappa shape index (κ2) is 5.74. The largest absolute Gasteiger partial charge is 0.336 e. The Bertz CT molecular complexity index is 758. The smallest absolute Gasteiger partial charge is 0.274 e. The third kappa shape index (κ3) is 2.36. The van der Waals surface area contributed by atoms with E-state index in [9.17, 15) is 4.79 Å². The summed E-state index contributed by atoms with van der Waals surface area (Å²) in [5, 5.41) is 2.07. The number of fused-ring (bicyclic) bond motifs is 1. The lowest BCUT2D eigenvalue weighted by Gasteiger charge is -2.21. The van der Waals surface area contributed by atoms with Gasteiger partial charge in [0, 0.05) is 18.8 Å². The van der Waals surface area contributed by atoms with Crippen LogP contribution in [0.3, 0.4) is 0 Å². The third-order valence-electron chi connectivity index (χ3n) is 3.69. The SMILES string of the molecule is CCN(C(=O)c1cc2sccc2n1CC)c1ccccc1. The number of aromatic nitrogens is 1. The van der Waals surface area contributed by atoms with Crippen LogP contribution < -0.4 is 4.90 Å². The van der Waals surface area contributed by atoms with Gasteiger partial charge in [-0.1, -0.05) is 18.2 Å². The highest BCUT2D eigenvalue weighted by molar-refractivity contribution is 7.17. The fraction of sp³-hybridized carbons (Fsp3) is 0.235. The van der Waals surface area contributed by atoms with E-state index < -0.39 is 0 Å². The summed E-state index contributed by atoms with van der Waals surface area (Å²) in [4.78, 5) is 14.8. The van der Waals surface area contributed by atoms with E-state index in [0.717, 1.165) is 23.4 Å². The van der Waals surface area contributed by atoms with E-state index in [1.165, 1.54) is 4.70 Å². The number of rotatable bonds is 4. The molecule has 0 aliphatic rings. The normalized spacial score (nSPS) is 11.0. The summed E-state index contributed by atoms with van der Waals surface area (Å²) >= 11 is 1.68. The Labute approximate surface area is 128 Å². The van der Waals surface area contributed by atoms with Crippen LogP contribution in [0.4, 0.5) is 5.69 Å². The fourth-order valence-corrected chi connectivity index (χ4v) is 3.51. The van der Waals surface area contributed by atoms with Crippen molar-refractivity contribution >= 4 is 33.1 Å². The molecule has 0 unspecified atom stereocenters. The van der Waals surface area contributed by atoms with Crippen molar-refractivity contribution in [3.05, 3.63) is 53.5 Å². The first-order valence-electron chi connectivity index (χ1n) is 7.20. The first-order chi connectivity index (χ1) is 10.3. The van der Waals surface area contributed by atoms with E-state index in [-0.39, 0.29) is 5.91 Å². The van der Waals surface area contributed by atoms with E-state index in [2.05, 4.69) is 22.9 Å². The average Bonchev–Trinajstić information content (AvgIpc) is 3.09. The zero-order valence-corrected chi connectivity index (χ0v) is 13.1. The molecule has 2 heterocycles. The number of benzene rings is 1. The maximum Gasteiger partial charge on any atom is 0.274 e. The average molecular weight is 298 g/mol. The molecule has 0 radical (unpaired) electrons. The molecule has 108 valence electrons. The number of para-hydroxylation sites is 1. The maximum absolute atomic E-state index is 12.9. The molecule has 0 fully saturated rings. The van der Waals surface area contributed by atoms with Crippen LogP contribution in [0.15, 0.2) is 47.8 Å². The number of thiophene rings is 1. The molecule has 4 heteroatoms. The van der Waals surface area contributed by atoms with Gasteiger partial charge in [0.1, 0.15) is 5.69 Å². The van der Waals surface area contributed by atoms with Gasteiger partial charge in [0.2, 0.25) is 0 Å². The van der Waals surface area contributed by atoms with Crippen LogP contribution in [0.1, 0.15) is 24.3 Å². The molecule has 0 saturated heterocycles. The second-order valence-corrected chi connectivity index (χ2v) is 5.78. The monoisotopic (exact) mass is 298 g/mol. The van der Waals surface area contributed by atoms with Gasteiger partial charge in [-0.05, 0) is 43.5 Å². The van der Waals surface area contributed by atoms with Crippen LogP contribution in [0.5, 0.6) is 0 Å². The Balaban J connectivity index is 2.04. The van der Waals surface area contributed by atoms with Gasteiger partial charge in [0.15, 0.2) is 0 Å². The van der Waals surface area contributed by atoms with E-state index >= 15 is 0 Å². The van der Waals surface area contributed by atoms with Gasteiger partial charge in [-0.15, -0.1) is 11.3 Å². The molecule has 3 rings (SSSR count).